The lowest BCUT2D eigenvalue weighted by Gasteiger charge is -2.25. The topological polar surface area (TPSA) is 51.2 Å². The van der Waals surface area contributed by atoms with Gasteiger partial charge < -0.3 is 23.3 Å². The average molecular weight is 251 g/mol. The highest BCUT2D eigenvalue weighted by atomic mass is 28.4. The van der Waals surface area contributed by atoms with Gasteiger partial charge in [-0.2, -0.15) is 0 Å². The van der Waals surface area contributed by atoms with E-state index in [1.165, 1.54) is 0 Å². The van der Waals surface area contributed by atoms with Crippen molar-refractivity contribution in [1.82, 2.24) is 4.90 Å². The number of aliphatic hydroxyl groups excluding tert-OH is 1. The normalized spacial score (nSPS) is 12.4. The smallest absolute Gasteiger partial charge is 0.396 e. The minimum Gasteiger partial charge on any atom is -0.396 e. The van der Waals surface area contributed by atoms with E-state index in [0.29, 0.717) is 0 Å². The summed E-state index contributed by atoms with van der Waals surface area (Å²) in [6.45, 7) is 2.13. The predicted octanol–water partition coefficient (Wildman–Crippen LogP) is 0.569. The van der Waals surface area contributed by atoms with E-state index in [1.54, 1.807) is 21.3 Å². The summed E-state index contributed by atoms with van der Waals surface area (Å²) in [7, 11) is 4.56. The molecule has 0 saturated carbocycles. The summed E-state index contributed by atoms with van der Waals surface area (Å²) < 4.78 is 16.0. The Balaban J connectivity index is 3.77. The summed E-state index contributed by atoms with van der Waals surface area (Å²) in [6, 6.07) is 0.819. The van der Waals surface area contributed by atoms with Crippen molar-refractivity contribution in [1.29, 1.82) is 0 Å². The van der Waals surface area contributed by atoms with E-state index in [2.05, 4.69) is 4.90 Å². The minimum atomic E-state index is -2.39. The van der Waals surface area contributed by atoms with Gasteiger partial charge in [0.2, 0.25) is 0 Å². The van der Waals surface area contributed by atoms with Gasteiger partial charge in [-0.25, -0.2) is 0 Å². The molecule has 0 bridgehead atoms. The fourth-order valence-corrected chi connectivity index (χ4v) is 3.28. The van der Waals surface area contributed by atoms with Gasteiger partial charge in [0.15, 0.2) is 0 Å². The van der Waals surface area contributed by atoms with Crippen molar-refractivity contribution in [2.75, 3.05) is 48.1 Å². The lowest BCUT2D eigenvalue weighted by molar-refractivity contribution is 0.121. The van der Waals surface area contributed by atoms with Gasteiger partial charge in [0.25, 0.3) is 0 Å². The maximum Gasteiger partial charge on any atom is 0.500 e. The molecule has 0 spiro atoms. The maximum absolute atomic E-state index is 8.70. The number of hydrogen-bond acceptors (Lipinski definition) is 5. The lowest BCUT2D eigenvalue weighted by atomic mass is 10.4. The van der Waals surface area contributed by atoms with E-state index in [0.717, 1.165) is 32.0 Å². The molecule has 0 fully saturated rings. The van der Waals surface area contributed by atoms with Gasteiger partial charge in [0.05, 0.1) is 0 Å². The maximum atomic E-state index is 8.70. The van der Waals surface area contributed by atoms with Crippen LogP contribution in [0.25, 0.3) is 0 Å². The Kier molecular flexibility index (Phi) is 9.10. The Labute approximate surface area is 99.7 Å². The van der Waals surface area contributed by atoms with Gasteiger partial charge >= 0.3 is 8.80 Å². The van der Waals surface area contributed by atoms with Crippen LogP contribution < -0.4 is 0 Å². The molecule has 0 atom stereocenters. The van der Waals surface area contributed by atoms with Crippen molar-refractivity contribution < 1.29 is 18.4 Å². The summed E-state index contributed by atoms with van der Waals surface area (Å²) >= 11 is 0. The van der Waals surface area contributed by atoms with E-state index in [1.807, 2.05) is 7.05 Å². The summed E-state index contributed by atoms with van der Waals surface area (Å²) in [5, 5.41) is 8.70. The fourth-order valence-electron chi connectivity index (χ4n) is 1.57. The molecule has 0 saturated heterocycles. The van der Waals surface area contributed by atoms with Gasteiger partial charge in [-0.05, 0) is 26.4 Å². The van der Waals surface area contributed by atoms with E-state index in [9.17, 15) is 0 Å². The molecule has 0 unspecified atom stereocenters. The zero-order chi connectivity index (χ0) is 12.4. The largest absolute Gasteiger partial charge is 0.500 e. The molecule has 0 aliphatic heterocycles. The van der Waals surface area contributed by atoms with Crippen LogP contribution in [0, 0.1) is 0 Å². The van der Waals surface area contributed by atoms with Crippen molar-refractivity contribution >= 4 is 8.80 Å². The Morgan fingerprint density at radius 2 is 1.50 bits per heavy atom. The van der Waals surface area contributed by atoms with Crippen LogP contribution in [0.4, 0.5) is 0 Å². The van der Waals surface area contributed by atoms with Crippen LogP contribution >= 0.6 is 0 Å². The van der Waals surface area contributed by atoms with Crippen molar-refractivity contribution in [3.8, 4) is 0 Å². The molecular formula is C10H25NO4Si. The second kappa shape index (κ2) is 9.09. The second-order valence-corrected chi connectivity index (χ2v) is 6.87. The first-order valence-electron chi connectivity index (χ1n) is 5.59. The second-order valence-electron chi connectivity index (χ2n) is 3.78. The van der Waals surface area contributed by atoms with Crippen molar-refractivity contribution in [3.05, 3.63) is 0 Å². The van der Waals surface area contributed by atoms with Crippen LogP contribution in [0.15, 0.2) is 0 Å². The third kappa shape index (κ3) is 5.93. The van der Waals surface area contributed by atoms with E-state index >= 15 is 0 Å². The number of aliphatic hydroxyl groups is 1. The molecule has 0 aromatic carbocycles. The molecular weight excluding hydrogens is 226 g/mol. The molecule has 0 aromatic heterocycles. The third-order valence-corrected chi connectivity index (χ3v) is 5.49. The Hall–Kier alpha value is 0.0169. The quantitative estimate of drug-likeness (QED) is 0.575. The summed E-state index contributed by atoms with van der Waals surface area (Å²) in [5.41, 5.74) is 0. The van der Waals surface area contributed by atoms with E-state index in [-0.39, 0.29) is 6.61 Å². The van der Waals surface area contributed by atoms with Gasteiger partial charge in [0.1, 0.15) is 0 Å². The van der Waals surface area contributed by atoms with Crippen LogP contribution in [0.3, 0.4) is 0 Å². The predicted molar refractivity (Wildman–Crippen MR) is 65.4 cm³/mol. The highest BCUT2D eigenvalue weighted by Crippen LogP contribution is 2.15. The summed E-state index contributed by atoms with van der Waals surface area (Å²) in [5.74, 6) is 0. The van der Waals surface area contributed by atoms with Crippen LogP contribution in [-0.4, -0.2) is 66.9 Å². The minimum absolute atomic E-state index is 0.247. The van der Waals surface area contributed by atoms with Crippen LogP contribution in [0.2, 0.25) is 6.04 Å². The molecule has 0 aliphatic carbocycles. The van der Waals surface area contributed by atoms with Gasteiger partial charge in [-0.1, -0.05) is 0 Å². The Bertz CT molecular complexity index is 159. The molecule has 0 aliphatic rings. The monoisotopic (exact) mass is 251 g/mol. The van der Waals surface area contributed by atoms with E-state index in [4.69, 9.17) is 18.4 Å². The summed E-state index contributed by atoms with van der Waals surface area (Å²) in [4.78, 5) is 2.19. The van der Waals surface area contributed by atoms with Gasteiger partial charge in [-0.3, -0.25) is 0 Å². The molecule has 0 radical (unpaired) electrons. The Morgan fingerprint density at radius 3 is 1.94 bits per heavy atom. The first-order valence-corrected chi connectivity index (χ1v) is 7.52. The molecule has 0 aromatic rings. The number of hydrogen-bond donors (Lipinski definition) is 1. The zero-order valence-corrected chi connectivity index (χ0v) is 11.9. The van der Waals surface area contributed by atoms with Crippen LogP contribution in [0.1, 0.15) is 12.8 Å². The molecule has 0 amide bonds. The molecule has 6 heteroatoms. The molecule has 16 heavy (non-hydrogen) atoms. The van der Waals surface area contributed by atoms with E-state index < -0.39 is 8.80 Å². The zero-order valence-electron chi connectivity index (χ0n) is 10.9. The average Bonchev–Trinajstić information content (AvgIpc) is 2.33. The summed E-state index contributed by atoms with van der Waals surface area (Å²) in [6.07, 6.45) is 1.79. The molecule has 5 nitrogen and oxygen atoms in total. The Morgan fingerprint density at radius 1 is 1.00 bits per heavy atom. The highest BCUT2D eigenvalue weighted by molar-refractivity contribution is 6.60. The van der Waals surface area contributed by atoms with Crippen molar-refractivity contribution in [2.45, 2.75) is 18.9 Å². The number of rotatable bonds is 10. The van der Waals surface area contributed by atoms with Crippen molar-refractivity contribution in [3.63, 3.8) is 0 Å². The first-order chi connectivity index (χ1) is 7.64. The SMILES string of the molecule is CO[Si](CCCN(C)CCCO)(OC)OC. The molecule has 0 heterocycles. The molecule has 98 valence electrons. The first kappa shape index (κ1) is 16.0. The molecule has 1 N–H and O–H groups in total. The molecule has 0 rings (SSSR count). The van der Waals surface area contributed by atoms with Crippen LogP contribution in [-0.2, 0) is 13.3 Å². The standard InChI is InChI=1S/C10H25NO4Si/c1-11(7-5-9-12)8-6-10-16(13-2,14-3)15-4/h12H,5-10H2,1-4H3. The fraction of sp³-hybridized carbons (Fsp3) is 1.00. The van der Waals surface area contributed by atoms with Gasteiger partial charge in [-0.15, -0.1) is 0 Å². The lowest BCUT2D eigenvalue weighted by Crippen LogP contribution is -2.43. The van der Waals surface area contributed by atoms with Gasteiger partial charge in [0, 0.05) is 40.5 Å². The third-order valence-electron chi connectivity index (χ3n) is 2.65. The number of nitrogens with zero attached hydrogens (tertiary/aromatic N) is 1. The van der Waals surface area contributed by atoms with Crippen LogP contribution in [0.5, 0.6) is 0 Å². The van der Waals surface area contributed by atoms with Crippen molar-refractivity contribution in [2.24, 2.45) is 0 Å². The highest BCUT2D eigenvalue weighted by Gasteiger charge is 2.36.